The van der Waals surface area contributed by atoms with Gasteiger partial charge in [0, 0.05) is 22.2 Å². The SMILES string of the molecule is NCC(Sc1ncnc2ccccc12)c1cccc(Cl)c1. The van der Waals surface area contributed by atoms with E-state index < -0.39 is 0 Å². The summed E-state index contributed by atoms with van der Waals surface area (Å²) in [5.74, 6) is 0. The molecule has 2 N–H and O–H groups in total. The van der Waals surface area contributed by atoms with Gasteiger partial charge in [-0.2, -0.15) is 0 Å². The number of benzene rings is 2. The predicted molar refractivity (Wildman–Crippen MR) is 88.6 cm³/mol. The summed E-state index contributed by atoms with van der Waals surface area (Å²) >= 11 is 7.71. The summed E-state index contributed by atoms with van der Waals surface area (Å²) in [5.41, 5.74) is 7.99. The van der Waals surface area contributed by atoms with Gasteiger partial charge in [-0.05, 0) is 23.8 Å². The molecule has 0 aliphatic carbocycles. The first-order valence-electron chi connectivity index (χ1n) is 6.60. The van der Waals surface area contributed by atoms with Crippen LogP contribution < -0.4 is 5.73 Å². The summed E-state index contributed by atoms with van der Waals surface area (Å²) in [4.78, 5) is 8.69. The van der Waals surface area contributed by atoms with Crippen LogP contribution in [0.15, 0.2) is 59.9 Å². The number of rotatable bonds is 4. The van der Waals surface area contributed by atoms with Crippen molar-refractivity contribution in [1.29, 1.82) is 0 Å². The average Bonchev–Trinajstić information content (AvgIpc) is 2.52. The maximum atomic E-state index is 6.07. The highest BCUT2D eigenvalue weighted by Gasteiger charge is 2.14. The second-order valence-corrected chi connectivity index (χ2v) is 6.22. The number of aromatic nitrogens is 2. The topological polar surface area (TPSA) is 51.8 Å². The Bertz CT molecular complexity index is 758. The molecule has 0 spiro atoms. The molecule has 0 radical (unpaired) electrons. The van der Waals surface area contributed by atoms with Crippen LogP contribution in [0.5, 0.6) is 0 Å². The van der Waals surface area contributed by atoms with Crippen molar-refractivity contribution in [1.82, 2.24) is 9.97 Å². The number of hydrogen-bond donors (Lipinski definition) is 1. The molecule has 3 nitrogen and oxygen atoms in total. The van der Waals surface area contributed by atoms with Gasteiger partial charge in [-0.3, -0.25) is 0 Å². The summed E-state index contributed by atoms with van der Waals surface area (Å²) in [6.07, 6.45) is 1.59. The van der Waals surface area contributed by atoms with Gasteiger partial charge in [0.15, 0.2) is 0 Å². The van der Waals surface area contributed by atoms with Crippen molar-refractivity contribution in [3.05, 3.63) is 65.4 Å². The maximum absolute atomic E-state index is 6.07. The minimum atomic E-state index is 0.113. The van der Waals surface area contributed by atoms with Crippen LogP contribution in [-0.4, -0.2) is 16.5 Å². The third kappa shape index (κ3) is 3.18. The number of halogens is 1. The lowest BCUT2D eigenvalue weighted by atomic mass is 10.1. The van der Waals surface area contributed by atoms with Crippen LogP contribution in [0.1, 0.15) is 10.8 Å². The van der Waals surface area contributed by atoms with Gasteiger partial charge in [-0.15, -0.1) is 0 Å². The van der Waals surface area contributed by atoms with Crippen molar-refractivity contribution in [2.24, 2.45) is 5.73 Å². The van der Waals surface area contributed by atoms with Crippen molar-refractivity contribution in [3.8, 4) is 0 Å². The van der Waals surface area contributed by atoms with E-state index in [9.17, 15) is 0 Å². The Morgan fingerprint density at radius 3 is 2.76 bits per heavy atom. The van der Waals surface area contributed by atoms with E-state index in [1.807, 2.05) is 48.5 Å². The monoisotopic (exact) mass is 315 g/mol. The van der Waals surface area contributed by atoms with Gasteiger partial charge in [-0.25, -0.2) is 9.97 Å². The first-order valence-corrected chi connectivity index (χ1v) is 7.85. The van der Waals surface area contributed by atoms with Gasteiger partial charge in [0.05, 0.1) is 5.52 Å². The highest BCUT2D eigenvalue weighted by molar-refractivity contribution is 7.99. The molecule has 1 unspecified atom stereocenters. The fraction of sp³-hybridized carbons (Fsp3) is 0.125. The first-order chi connectivity index (χ1) is 10.3. The molecule has 21 heavy (non-hydrogen) atoms. The molecule has 1 heterocycles. The molecule has 1 atom stereocenters. The zero-order valence-corrected chi connectivity index (χ0v) is 12.8. The van der Waals surface area contributed by atoms with Crippen LogP contribution in [0.3, 0.4) is 0 Å². The summed E-state index contributed by atoms with van der Waals surface area (Å²) in [6, 6.07) is 15.8. The lowest BCUT2D eigenvalue weighted by Gasteiger charge is -2.15. The molecule has 0 aliphatic heterocycles. The summed E-state index contributed by atoms with van der Waals surface area (Å²) in [6.45, 7) is 0.517. The number of fused-ring (bicyclic) bond motifs is 1. The number of hydrogen-bond acceptors (Lipinski definition) is 4. The number of nitrogens with zero attached hydrogens (tertiary/aromatic N) is 2. The van der Waals surface area contributed by atoms with Gasteiger partial charge in [0.1, 0.15) is 11.4 Å². The molecular formula is C16H14ClN3S. The van der Waals surface area contributed by atoms with E-state index in [0.717, 1.165) is 26.5 Å². The van der Waals surface area contributed by atoms with E-state index in [-0.39, 0.29) is 5.25 Å². The minimum Gasteiger partial charge on any atom is -0.329 e. The molecule has 106 valence electrons. The minimum absolute atomic E-state index is 0.113. The van der Waals surface area contributed by atoms with E-state index in [1.165, 1.54) is 0 Å². The first kappa shape index (κ1) is 14.3. The molecule has 0 saturated carbocycles. The van der Waals surface area contributed by atoms with Crippen LogP contribution in [0.4, 0.5) is 0 Å². The summed E-state index contributed by atoms with van der Waals surface area (Å²) < 4.78 is 0. The van der Waals surface area contributed by atoms with Crippen molar-refractivity contribution >= 4 is 34.3 Å². The second-order valence-electron chi connectivity index (χ2n) is 4.59. The molecule has 0 saturated heterocycles. The van der Waals surface area contributed by atoms with E-state index >= 15 is 0 Å². The molecule has 3 rings (SSSR count). The standard InChI is InChI=1S/C16H14ClN3S/c17-12-5-3-4-11(8-12)15(9-18)21-16-13-6-1-2-7-14(13)19-10-20-16/h1-8,10,15H,9,18H2. The van der Waals surface area contributed by atoms with Crippen LogP contribution in [-0.2, 0) is 0 Å². The molecule has 2 aromatic carbocycles. The molecule has 1 aromatic heterocycles. The van der Waals surface area contributed by atoms with Gasteiger partial charge in [-0.1, -0.05) is 53.7 Å². The Labute approximate surface area is 132 Å². The molecule has 0 fully saturated rings. The lowest BCUT2D eigenvalue weighted by molar-refractivity contribution is 0.935. The zero-order chi connectivity index (χ0) is 14.7. The zero-order valence-electron chi connectivity index (χ0n) is 11.2. The van der Waals surface area contributed by atoms with Gasteiger partial charge in [0.2, 0.25) is 0 Å². The average molecular weight is 316 g/mol. The smallest absolute Gasteiger partial charge is 0.117 e. The van der Waals surface area contributed by atoms with Crippen LogP contribution in [0, 0.1) is 0 Å². The summed E-state index contributed by atoms with van der Waals surface area (Å²) in [7, 11) is 0. The predicted octanol–water partition coefficient (Wildman–Crippen LogP) is 4.08. The van der Waals surface area contributed by atoms with Crippen molar-refractivity contribution in [3.63, 3.8) is 0 Å². The molecule has 3 aromatic rings. The molecule has 0 amide bonds. The van der Waals surface area contributed by atoms with Crippen molar-refractivity contribution in [2.75, 3.05) is 6.54 Å². The Morgan fingerprint density at radius 1 is 1.10 bits per heavy atom. The van der Waals surface area contributed by atoms with Crippen molar-refractivity contribution < 1.29 is 0 Å². The third-order valence-corrected chi connectivity index (χ3v) is 4.73. The number of para-hydroxylation sites is 1. The Kier molecular flexibility index (Phi) is 4.39. The fourth-order valence-corrected chi connectivity index (χ4v) is 3.42. The number of nitrogens with two attached hydrogens (primary N) is 1. The van der Waals surface area contributed by atoms with E-state index in [0.29, 0.717) is 6.54 Å². The Balaban J connectivity index is 1.96. The molecule has 5 heteroatoms. The summed E-state index contributed by atoms with van der Waals surface area (Å²) in [5, 5.41) is 2.82. The Morgan fingerprint density at radius 2 is 1.95 bits per heavy atom. The van der Waals surface area contributed by atoms with Crippen LogP contribution in [0.2, 0.25) is 5.02 Å². The highest BCUT2D eigenvalue weighted by atomic mass is 35.5. The third-order valence-electron chi connectivity index (χ3n) is 3.19. The second kappa shape index (κ2) is 6.43. The van der Waals surface area contributed by atoms with Crippen molar-refractivity contribution in [2.45, 2.75) is 10.3 Å². The molecule has 0 bridgehead atoms. The van der Waals surface area contributed by atoms with E-state index in [2.05, 4.69) is 9.97 Å². The largest absolute Gasteiger partial charge is 0.329 e. The van der Waals surface area contributed by atoms with Gasteiger partial charge < -0.3 is 5.73 Å². The lowest BCUT2D eigenvalue weighted by Crippen LogP contribution is -2.09. The van der Waals surface area contributed by atoms with Gasteiger partial charge >= 0.3 is 0 Å². The molecular weight excluding hydrogens is 302 g/mol. The van der Waals surface area contributed by atoms with Crippen LogP contribution in [0.25, 0.3) is 10.9 Å². The highest BCUT2D eigenvalue weighted by Crippen LogP contribution is 2.36. The van der Waals surface area contributed by atoms with Gasteiger partial charge in [0.25, 0.3) is 0 Å². The van der Waals surface area contributed by atoms with E-state index in [4.69, 9.17) is 17.3 Å². The quantitative estimate of drug-likeness (QED) is 0.582. The maximum Gasteiger partial charge on any atom is 0.117 e. The van der Waals surface area contributed by atoms with Crippen LogP contribution >= 0.6 is 23.4 Å². The molecule has 0 aliphatic rings. The van der Waals surface area contributed by atoms with E-state index in [1.54, 1.807) is 18.1 Å². The Hall–Kier alpha value is -1.62. The normalized spacial score (nSPS) is 12.5. The fourth-order valence-electron chi connectivity index (χ4n) is 2.17. The number of thioether (sulfide) groups is 1.